The number of carboxylic acid groups (broad SMARTS) is 1. The minimum absolute atomic E-state index is 0.0447. The third-order valence-corrected chi connectivity index (χ3v) is 11.4. The number of allylic oxidation sites excluding steroid dienone is 4. The first-order valence-corrected chi connectivity index (χ1v) is 13.4. The van der Waals surface area contributed by atoms with E-state index in [0.717, 1.165) is 57.8 Å². The molecule has 0 heterocycles. The Morgan fingerprint density at radius 1 is 1.00 bits per heavy atom. The van der Waals surface area contributed by atoms with Gasteiger partial charge in [-0.1, -0.05) is 57.4 Å². The predicted octanol–water partition coefficient (Wildman–Crippen LogP) is 7.75. The van der Waals surface area contributed by atoms with Crippen LogP contribution in [0.25, 0.3) is 0 Å². The summed E-state index contributed by atoms with van der Waals surface area (Å²) in [5.74, 6) is 0.270. The fraction of sp³-hybridized carbons (Fsp3) is 0.800. The normalized spacial score (nSPS) is 40.5. The molecule has 1 N–H and O–H groups in total. The van der Waals surface area contributed by atoms with Gasteiger partial charge in [-0.2, -0.15) is 0 Å². The van der Waals surface area contributed by atoms with E-state index in [-0.39, 0.29) is 33.5 Å². The van der Waals surface area contributed by atoms with Crippen LogP contribution < -0.4 is 0 Å². The molecular formula is C30H46O3. The van der Waals surface area contributed by atoms with Crippen LogP contribution in [0.1, 0.15) is 113 Å². The zero-order valence-corrected chi connectivity index (χ0v) is 22.1. The summed E-state index contributed by atoms with van der Waals surface area (Å²) in [6.07, 6.45) is 12.0. The molecule has 3 heteroatoms. The van der Waals surface area contributed by atoms with E-state index in [4.69, 9.17) is 0 Å². The molecular weight excluding hydrogens is 408 g/mol. The molecule has 2 saturated carbocycles. The third kappa shape index (κ3) is 3.50. The van der Waals surface area contributed by atoms with Gasteiger partial charge in [-0.3, -0.25) is 9.59 Å². The van der Waals surface area contributed by atoms with Crippen LogP contribution in [0.2, 0.25) is 0 Å². The molecule has 1 unspecified atom stereocenters. The van der Waals surface area contributed by atoms with Crippen LogP contribution in [-0.4, -0.2) is 16.9 Å². The number of rotatable bonds is 5. The maximum Gasteiger partial charge on any atom is 0.306 e. The summed E-state index contributed by atoms with van der Waals surface area (Å²) in [6.45, 7) is 15.9. The molecule has 184 valence electrons. The highest BCUT2D eigenvalue weighted by Gasteiger charge is 2.64. The van der Waals surface area contributed by atoms with Crippen molar-refractivity contribution in [3.8, 4) is 0 Å². The summed E-state index contributed by atoms with van der Waals surface area (Å²) in [7, 11) is 0. The number of ketones is 1. The van der Waals surface area contributed by atoms with E-state index in [0.29, 0.717) is 18.1 Å². The number of carbonyl (C=O) groups is 2. The van der Waals surface area contributed by atoms with Gasteiger partial charge in [0.05, 0.1) is 5.92 Å². The zero-order valence-electron chi connectivity index (χ0n) is 22.1. The fourth-order valence-corrected chi connectivity index (χ4v) is 9.22. The highest BCUT2D eigenvalue weighted by atomic mass is 16.4. The van der Waals surface area contributed by atoms with Gasteiger partial charge in [0.25, 0.3) is 0 Å². The number of fused-ring (bicyclic) bond motifs is 4. The summed E-state index contributed by atoms with van der Waals surface area (Å²) in [5, 5.41) is 10.2. The van der Waals surface area contributed by atoms with E-state index >= 15 is 0 Å². The molecule has 0 spiro atoms. The van der Waals surface area contributed by atoms with Crippen LogP contribution in [0.4, 0.5) is 0 Å². The summed E-state index contributed by atoms with van der Waals surface area (Å²) in [4.78, 5) is 25.2. The van der Waals surface area contributed by atoms with E-state index in [9.17, 15) is 14.7 Å². The standard InChI is InChI=1S/C30H46O3/c1-19(2)9-8-10-20(26(32)33)21-13-17-30(7)23-11-12-24-27(3,4)25(31)15-16-28(24,5)22(23)14-18-29(21,30)6/h9,20-21,24H,8,10-18H2,1-7H3,(H,32,33)/t20?,21-,24+,28-,29-,30+/m1/s1. The molecule has 0 aliphatic heterocycles. The van der Waals surface area contributed by atoms with Crippen molar-refractivity contribution in [1.82, 2.24) is 0 Å². The Balaban J connectivity index is 1.70. The smallest absolute Gasteiger partial charge is 0.306 e. The SMILES string of the molecule is CC(C)=CCCC(C(=O)O)[C@H]1CC[C@@]2(C)C3=C(CC[C@]12C)[C@@]1(C)CCC(=O)C(C)(C)[C@@H]1CC3. The molecule has 33 heavy (non-hydrogen) atoms. The van der Waals surface area contributed by atoms with Gasteiger partial charge in [0.15, 0.2) is 0 Å². The van der Waals surface area contributed by atoms with E-state index < -0.39 is 5.97 Å². The molecule has 0 amide bonds. The first kappa shape index (κ1) is 24.7. The fourth-order valence-electron chi connectivity index (χ4n) is 9.22. The molecule has 0 radical (unpaired) electrons. The molecule has 0 saturated heterocycles. The predicted molar refractivity (Wildman–Crippen MR) is 134 cm³/mol. The van der Waals surface area contributed by atoms with Crippen LogP contribution >= 0.6 is 0 Å². The van der Waals surface area contributed by atoms with E-state index in [1.54, 1.807) is 11.1 Å². The molecule has 6 atom stereocenters. The van der Waals surface area contributed by atoms with Gasteiger partial charge in [-0.15, -0.1) is 0 Å². The van der Waals surface area contributed by atoms with Gasteiger partial charge in [0.2, 0.25) is 0 Å². The first-order chi connectivity index (χ1) is 15.3. The van der Waals surface area contributed by atoms with Crippen LogP contribution in [0.3, 0.4) is 0 Å². The van der Waals surface area contributed by atoms with E-state index in [1.807, 2.05) is 0 Å². The van der Waals surface area contributed by atoms with Crippen LogP contribution in [0.5, 0.6) is 0 Å². The minimum atomic E-state index is -0.601. The Kier molecular flexibility index (Phi) is 6.07. The van der Waals surface area contributed by atoms with E-state index in [2.05, 4.69) is 54.5 Å². The first-order valence-electron chi connectivity index (χ1n) is 13.4. The monoisotopic (exact) mass is 454 g/mol. The number of carbonyl (C=O) groups excluding carboxylic acids is 1. The Labute approximate surface area is 201 Å². The van der Waals surface area contributed by atoms with Gasteiger partial charge in [0, 0.05) is 11.8 Å². The highest BCUT2D eigenvalue weighted by molar-refractivity contribution is 5.85. The van der Waals surface area contributed by atoms with Gasteiger partial charge < -0.3 is 5.11 Å². The number of carboxylic acids is 1. The molecule has 3 nitrogen and oxygen atoms in total. The number of aliphatic carboxylic acids is 1. The summed E-state index contributed by atoms with van der Waals surface area (Å²) in [5.41, 5.74) is 4.63. The van der Waals surface area contributed by atoms with Crippen LogP contribution in [-0.2, 0) is 9.59 Å². The van der Waals surface area contributed by atoms with Crippen molar-refractivity contribution in [2.24, 2.45) is 39.4 Å². The molecule has 2 fully saturated rings. The highest BCUT2D eigenvalue weighted by Crippen LogP contribution is 2.72. The summed E-state index contributed by atoms with van der Waals surface area (Å²) >= 11 is 0. The van der Waals surface area contributed by atoms with Crippen molar-refractivity contribution in [3.05, 3.63) is 22.8 Å². The summed E-state index contributed by atoms with van der Waals surface area (Å²) < 4.78 is 0. The minimum Gasteiger partial charge on any atom is -0.481 e. The quantitative estimate of drug-likeness (QED) is 0.432. The van der Waals surface area contributed by atoms with Crippen molar-refractivity contribution in [1.29, 1.82) is 0 Å². The van der Waals surface area contributed by atoms with Crippen molar-refractivity contribution in [2.75, 3.05) is 0 Å². The molecule has 0 aromatic carbocycles. The lowest BCUT2D eigenvalue weighted by atomic mass is 9.43. The maximum absolute atomic E-state index is 12.8. The molecule has 4 aliphatic rings. The maximum atomic E-state index is 12.8. The Morgan fingerprint density at radius 2 is 1.70 bits per heavy atom. The van der Waals surface area contributed by atoms with Gasteiger partial charge in [-0.25, -0.2) is 0 Å². The summed E-state index contributed by atoms with van der Waals surface area (Å²) in [6, 6.07) is 0. The van der Waals surface area contributed by atoms with Gasteiger partial charge in [-0.05, 0) is 99.7 Å². The molecule has 0 aromatic rings. The lowest BCUT2D eigenvalue weighted by molar-refractivity contribution is -0.146. The Bertz CT molecular complexity index is 904. The average molecular weight is 455 g/mol. The van der Waals surface area contributed by atoms with Crippen molar-refractivity contribution in [3.63, 3.8) is 0 Å². The molecule has 4 aliphatic carbocycles. The van der Waals surface area contributed by atoms with Gasteiger partial charge in [0.1, 0.15) is 5.78 Å². The topological polar surface area (TPSA) is 54.4 Å². The second-order valence-corrected chi connectivity index (χ2v) is 13.3. The van der Waals surface area contributed by atoms with Crippen molar-refractivity contribution in [2.45, 2.75) is 113 Å². The van der Waals surface area contributed by atoms with Crippen LogP contribution in [0.15, 0.2) is 22.8 Å². The third-order valence-electron chi connectivity index (χ3n) is 11.4. The second kappa shape index (κ2) is 8.09. The second-order valence-electron chi connectivity index (χ2n) is 13.3. The lowest BCUT2D eigenvalue weighted by Gasteiger charge is -2.60. The van der Waals surface area contributed by atoms with Crippen LogP contribution in [0, 0.1) is 39.4 Å². The lowest BCUT2D eigenvalue weighted by Crippen LogP contribution is -2.54. The molecule has 0 aromatic heterocycles. The van der Waals surface area contributed by atoms with Gasteiger partial charge >= 0.3 is 5.97 Å². The molecule has 0 bridgehead atoms. The molecule has 4 rings (SSSR count). The largest absolute Gasteiger partial charge is 0.481 e. The number of hydrogen-bond acceptors (Lipinski definition) is 2. The van der Waals surface area contributed by atoms with Crippen molar-refractivity contribution >= 4 is 11.8 Å². The Hall–Kier alpha value is -1.38. The number of hydrogen-bond donors (Lipinski definition) is 1. The van der Waals surface area contributed by atoms with E-state index in [1.165, 1.54) is 5.57 Å². The Morgan fingerprint density at radius 3 is 2.33 bits per heavy atom. The number of Topliss-reactive ketones (excluding diaryl/α,β-unsaturated/α-hetero) is 1. The van der Waals surface area contributed by atoms with Crippen molar-refractivity contribution < 1.29 is 14.7 Å². The zero-order chi connectivity index (χ0) is 24.4. The average Bonchev–Trinajstić information content (AvgIpc) is 3.00.